The van der Waals surface area contributed by atoms with E-state index in [2.05, 4.69) is 5.32 Å². The van der Waals surface area contributed by atoms with Crippen molar-refractivity contribution in [2.24, 2.45) is 5.92 Å². The van der Waals surface area contributed by atoms with Gasteiger partial charge in [-0.2, -0.15) is 0 Å². The molecule has 208 valence electrons. The number of anilines is 1. The SMILES string of the molecule is CC(C)CNC(=O)C(C)N(CCc1ccccc1)C(=O)CN(c1cccc(Cl)c1Cl)S(=O)(=O)c1ccccc1. The van der Waals surface area contributed by atoms with E-state index in [1.165, 1.54) is 29.2 Å². The van der Waals surface area contributed by atoms with Gasteiger partial charge in [0, 0.05) is 13.1 Å². The van der Waals surface area contributed by atoms with Crippen molar-refractivity contribution in [3.05, 3.63) is 94.5 Å². The van der Waals surface area contributed by atoms with Crippen LogP contribution in [0.2, 0.25) is 10.0 Å². The van der Waals surface area contributed by atoms with Gasteiger partial charge in [-0.15, -0.1) is 0 Å². The second kappa shape index (κ2) is 13.8. The van der Waals surface area contributed by atoms with E-state index in [-0.39, 0.29) is 39.0 Å². The Bertz CT molecular complexity index is 1370. The van der Waals surface area contributed by atoms with Gasteiger partial charge in [-0.05, 0) is 49.1 Å². The van der Waals surface area contributed by atoms with Gasteiger partial charge in [-0.1, -0.05) is 91.6 Å². The minimum atomic E-state index is -4.21. The van der Waals surface area contributed by atoms with E-state index in [0.29, 0.717) is 13.0 Å². The van der Waals surface area contributed by atoms with Crippen LogP contribution in [0.5, 0.6) is 0 Å². The number of carbonyl (C=O) groups excluding carboxylic acids is 2. The Morgan fingerprint density at radius 1 is 0.872 bits per heavy atom. The number of hydrogen-bond donors (Lipinski definition) is 1. The Labute approximate surface area is 240 Å². The Kier molecular flexibility index (Phi) is 10.8. The third kappa shape index (κ3) is 7.97. The van der Waals surface area contributed by atoms with Gasteiger partial charge >= 0.3 is 0 Å². The third-order valence-electron chi connectivity index (χ3n) is 6.15. The predicted octanol–water partition coefficient (Wildman–Crippen LogP) is 5.42. The van der Waals surface area contributed by atoms with Gasteiger partial charge in [0.05, 0.1) is 20.6 Å². The van der Waals surface area contributed by atoms with Crippen LogP contribution in [0, 0.1) is 5.92 Å². The van der Waals surface area contributed by atoms with Gasteiger partial charge < -0.3 is 10.2 Å². The first-order valence-electron chi connectivity index (χ1n) is 12.6. The van der Waals surface area contributed by atoms with Gasteiger partial charge in [-0.25, -0.2) is 8.42 Å². The van der Waals surface area contributed by atoms with Crippen LogP contribution in [-0.2, 0) is 26.0 Å². The summed E-state index contributed by atoms with van der Waals surface area (Å²) in [4.78, 5) is 28.3. The normalized spacial score (nSPS) is 12.2. The van der Waals surface area contributed by atoms with E-state index in [0.717, 1.165) is 9.87 Å². The van der Waals surface area contributed by atoms with Gasteiger partial charge in [0.15, 0.2) is 0 Å². The van der Waals surface area contributed by atoms with Crippen molar-refractivity contribution in [1.29, 1.82) is 0 Å². The highest BCUT2D eigenvalue weighted by molar-refractivity contribution is 7.92. The van der Waals surface area contributed by atoms with E-state index in [1.807, 2.05) is 44.2 Å². The summed E-state index contributed by atoms with van der Waals surface area (Å²) >= 11 is 12.7. The molecule has 0 aliphatic rings. The van der Waals surface area contributed by atoms with Crippen LogP contribution >= 0.6 is 23.2 Å². The highest BCUT2D eigenvalue weighted by Crippen LogP contribution is 2.35. The Balaban J connectivity index is 1.99. The number of rotatable bonds is 12. The lowest BCUT2D eigenvalue weighted by Gasteiger charge is -2.32. The van der Waals surface area contributed by atoms with Crippen molar-refractivity contribution in [3.63, 3.8) is 0 Å². The number of sulfonamides is 1. The largest absolute Gasteiger partial charge is 0.354 e. The maximum atomic E-state index is 13.9. The molecule has 0 bridgehead atoms. The van der Waals surface area contributed by atoms with E-state index in [9.17, 15) is 18.0 Å². The van der Waals surface area contributed by atoms with Crippen molar-refractivity contribution in [2.75, 3.05) is 23.9 Å². The molecule has 3 rings (SSSR count). The van der Waals surface area contributed by atoms with Crippen LogP contribution < -0.4 is 9.62 Å². The van der Waals surface area contributed by atoms with Crippen molar-refractivity contribution < 1.29 is 18.0 Å². The predicted molar refractivity (Wildman–Crippen MR) is 157 cm³/mol. The Morgan fingerprint density at radius 3 is 2.10 bits per heavy atom. The standard InChI is InChI=1S/C29H33Cl2N3O4S/c1-21(2)19-32-29(36)22(3)33(18-17-23-11-6-4-7-12-23)27(35)20-34(26-16-10-15-25(30)28(26)31)39(37,38)24-13-8-5-9-14-24/h4-16,21-22H,17-20H2,1-3H3,(H,32,36). The summed E-state index contributed by atoms with van der Waals surface area (Å²) in [5, 5.41) is 3.02. The van der Waals surface area contributed by atoms with Crippen LogP contribution in [0.4, 0.5) is 5.69 Å². The van der Waals surface area contributed by atoms with E-state index in [1.54, 1.807) is 31.2 Å². The van der Waals surface area contributed by atoms with Crippen molar-refractivity contribution in [2.45, 2.75) is 38.1 Å². The topological polar surface area (TPSA) is 86.8 Å². The molecule has 0 heterocycles. The maximum Gasteiger partial charge on any atom is 0.264 e. The number of nitrogens with one attached hydrogen (secondary N) is 1. The summed E-state index contributed by atoms with van der Waals surface area (Å²) in [5.74, 6) is -0.636. The summed E-state index contributed by atoms with van der Waals surface area (Å²) in [6.45, 7) is 5.68. The second-order valence-corrected chi connectivity index (χ2v) is 12.2. The molecule has 39 heavy (non-hydrogen) atoms. The van der Waals surface area contributed by atoms with Crippen molar-refractivity contribution in [3.8, 4) is 0 Å². The van der Waals surface area contributed by atoms with Crippen molar-refractivity contribution >= 4 is 50.7 Å². The zero-order chi connectivity index (χ0) is 28.6. The molecule has 1 N–H and O–H groups in total. The lowest BCUT2D eigenvalue weighted by molar-refractivity contribution is -0.138. The zero-order valence-electron chi connectivity index (χ0n) is 22.2. The maximum absolute atomic E-state index is 13.9. The van der Waals surface area contributed by atoms with Gasteiger partial charge in [-0.3, -0.25) is 13.9 Å². The molecular formula is C29H33Cl2N3O4S. The molecule has 3 aromatic carbocycles. The first-order chi connectivity index (χ1) is 18.5. The van der Waals surface area contributed by atoms with Crippen LogP contribution in [0.3, 0.4) is 0 Å². The molecule has 3 aromatic rings. The fourth-order valence-electron chi connectivity index (χ4n) is 3.94. The number of amides is 2. The molecule has 0 saturated carbocycles. The minimum absolute atomic E-state index is 0.00466. The molecule has 0 saturated heterocycles. The number of nitrogens with zero attached hydrogens (tertiary/aromatic N) is 2. The minimum Gasteiger partial charge on any atom is -0.354 e. The van der Waals surface area contributed by atoms with Gasteiger partial charge in [0.1, 0.15) is 12.6 Å². The van der Waals surface area contributed by atoms with Gasteiger partial charge in [0.2, 0.25) is 11.8 Å². The molecular weight excluding hydrogens is 557 g/mol. The smallest absolute Gasteiger partial charge is 0.264 e. The van der Waals surface area contributed by atoms with Crippen LogP contribution in [0.1, 0.15) is 26.3 Å². The van der Waals surface area contributed by atoms with Crippen molar-refractivity contribution in [1.82, 2.24) is 10.2 Å². The molecule has 0 fully saturated rings. The molecule has 1 atom stereocenters. The van der Waals surface area contributed by atoms with E-state index < -0.39 is 28.5 Å². The first kappa shape index (κ1) is 30.5. The fraction of sp³-hybridized carbons (Fsp3) is 0.310. The second-order valence-electron chi connectivity index (χ2n) is 9.54. The summed E-state index contributed by atoms with van der Waals surface area (Å²) in [5.41, 5.74) is 1.05. The monoisotopic (exact) mass is 589 g/mol. The van der Waals surface area contributed by atoms with Crippen LogP contribution in [0.15, 0.2) is 83.8 Å². The van der Waals surface area contributed by atoms with Crippen LogP contribution in [-0.4, -0.2) is 50.8 Å². The molecule has 0 spiro atoms. The number of carbonyl (C=O) groups is 2. The van der Waals surface area contributed by atoms with E-state index >= 15 is 0 Å². The fourth-order valence-corrected chi connectivity index (χ4v) is 5.84. The Hall–Kier alpha value is -3.07. The highest BCUT2D eigenvalue weighted by atomic mass is 35.5. The highest BCUT2D eigenvalue weighted by Gasteiger charge is 2.33. The molecule has 1 unspecified atom stereocenters. The number of hydrogen-bond acceptors (Lipinski definition) is 4. The molecule has 0 radical (unpaired) electrons. The first-order valence-corrected chi connectivity index (χ1v) is 14.8. The lowest BCUT2D eigenvalue weighted by Crippen LogP contribution is -2.52. The van der Waals surface area contributed by atoms with E-state index in [4.69, 9.17) is 23.2 Å². The zero-order valence-corrected chi connectivity index (χ0v) is 24.5. The molecule has 2 amide bonds. The summed E-state index contributed by atoms with van der Waals surface area (Å²) in [7, 11) is -4.21. The third-order valence-corrected chi connectivity index (χ3v) is 8.73. The average molecular weight is 591 g/mol. The average Bonchev–Trinajstić information content (AvgIpc) is 2.93. The molecule has 7 nitrogen and oxygen atoms in total. The quantitative estimate of drug-likeness (QED) is 0.305. The summed E-state index contributed by atoms with van der Waals surface area (Å²) < 4.78 is 28.5. The van der Waals surface area contributed by atoms with Gasteiger partial charge in [0.25, 0.3) is 10.0 Å². The molecule has 0 aromatic heterocycles. The molecule has 0 aliphatic carbocycles. The lowest BCUT2D eigenvalue weighted by atomic mass is 10.1. The molecule has 0 aliphatic heterocycles. The summed E-state index contributed by atoms with van der Waals surface area (Å²) in [6.07, 6.45) is 0.484. The summed E-state index contributed by atoms with van der Waals surface area (Å²) in [6, 6.07) is 21.1. The Morgan fingerprint density at radius 2 is 1.49 bits per heavy atom. The van der Waals surface area contributed by atoms with Crippen LogP contribution in [0.25, 0.3) is 0 Å². The number of halogens is 2. The number of benzene rings is 3. The molecule has 10 heteroatoms.